The molecule has 0 saturated heterocycles. The second-order valence-corrected chi connectivity index (χ2v) is 7.72. The summed E-state index contributed by atoms with van der Waals surface area (Å²) in [7, 11) is 0. The smallest absolute Gasteiger partial charge is 0.265 e. The van der Waals surface area contributed by atoms with Gasteiger partial charge in [-0.1, -0.05) is 125 Å². The number of aldehydes is 1. The van der Waals surface area contributed by atoms with E-state index in [-0.39, 0.29) is 5.91 Å². The van der Waals surface area contributed by atoms with Gasteiger partial charge in [0, 0.05) is 27.8 Å². The van der Waals surface area contributed by atoms with Gasteiger partial charge in [-0.15, -0.1) is 0 Å². The molecule has 5 rings (SSSR count). The third-order valence-corrected chi connectivity index (χ3v) is 5.13. The summed E-state index contributed by atoms with van der Waals surface area (Å²) in [5.41, 5.74) is 6.29. The van der Waals surface area contributed by atoms with E-state index in [0.29, 0.717) is 34.0 Å². The highest BCUT2D eigenvalue weighted by atomic mass is 16.2. The number of aromatic amines is 1. The van der Waals surface area contributed by atoms with E-state index in [9.17, 15) is 9.59 Å². The number of benzene rings is 4. The van der Waals surface area contributed by atoms with Crippen LogP contribution in [-0.4, -0.2) is 27.4 Å². The average molecular weight is 574 g/mol. The molecule has 0 aliphatic rings. The molecule has 4 N–H and O–H groups in total. The number of hydrogen-bond donors (Lipinski definition) is 3. The fraction of sp³-hybridized carbons (Fsp3) is 0.118. The first-order valence-electron chi connectivity index (χ1n) is 13.5. The highest BCUT2D eigenvalue weighted by Crippen LogP contribution is 2.19. The molecule has 0 aliphatic carbocycles. The molecular weight excluding hydrogens is 538 g/mol. The van der Waals surface area contributed by atoms with Gasteiger partial charge in [0.1, 0.15) is 6.29 Å². The van der Waals surface area contributed by atoms with Crippen molar-refractivity contribution < 1.29 is 9.59 Å². The molecule has 0 radical (unpaired) electrons. The van der Waals surface area contributed by atoms with Crippen LogP contribution in [0.25, 0.3) is 27.6 Å². The minimum absolute atomic E-state index is 0.263. The standard InChI is InChI=1S/C15H11N3O.C8H4N2.C7H8N2O.2C2H6/c19-10-11-6-8-13(9-7-11)15-16-14(17-18-15)12-4-2-1-3-5-12;1-10-8-4-2-7(6-9)3-5-8;8-9-7(10)6-4-2-1-3-5-6;2*1-2/h1-10H,(H,16,17,18);2-5H;1-5H,8H2,(H,9,10);2*1-2H3. The Morgan fingerprint density at radius 3 is 1.91 bits per heavy atom. The lowest BCUT2D eigenvalue weighted by atomic mass is 10.1. The molecule has 9 heteroatoms. The minimum Gasteiger partial charge on any atom is -0.298 e. The van der Waals surface area contributed by atoms with Crippen LogP contribution in [0.4, 0.5) is 5.69 Å². The second-order valence-electron chi connectivity index (χ2n) is 7.72. The van der Waals surface area contributed by atoms with Crippen LogP contribution in [0.15, 0.2) is 109 Å². The summed E-state index contributed by atoms with van der Waals surface area (Å²) in [6.07, 6.45) is 0.819. The van der Waals surface area contributed by atoms with Crippen molar-refractivity contribution in [2.75, 3.05) is 0 Å². The van der Waals surface area contributed by atoms with Gasteiger partial charge in [-0.3, -0.25) is 20.1 Å². The maximum atomic E-state index is 10.8. The van der Waals surface area contributed by atoms with Crippen LogP contribution in [0.5, 0.6) is 0 Å². The molecule has 218 valence electrons. The summed E-state index contributed by atoms with van der Waals surface area (Å²) < 4.78 is 0. The number of carbonyl (C=O) groups is 2. The van der Waals surface area contributed by atoms with E-state index in [2.05, 4.69) is 20.0 Å². The second kappa shape index (κ2) is 20.9. The monoisotopic (exact) mass is 573 g/mol. The van der Waals surface area contributed by atoms with Gasteiger partial charge in [0.2, 0.25) is 0 Å². The van der Waals surface area contributed by atoms with Crippen LogP contribution in [0, 0.1) is 17.9 Å². The summed E-state index contributed by atoms with van der Waals surface area (Å²) in [5, 5.41) is 15.5. The van der Waals surface area contributed by atoms with E-state index in [0.717, 1.165) is 17.4 Å². The van der Waals surface area contributed by atoms with Gasteiger partial charge in [0.25, 0.3) is 5.91 Å². The van der Waals surface area contributed by atoms with E-state index >= 15 is 0 Å². The normalized spacial score (nSPS) is 8.72. The minimum atomic E-state index is -0.263. The van der Waals surface area contributed by atoms with E-state index < -0.39 is 0 Å². The summed E-state index contributed by atoms with van der Waals surface area (Å²) in [4.78, 5) is 29.0. The van der Waals surface area contributed by atoms with Gasteiger partial charge in [-0.2, -0.15) is 10.4 Å². The summed E-state index contributed by atoms with van der Waals surface area (Å²) in [6.45, 7) is 14.6. The number of hydrogen-bond acceptors (Lipinski definition) is 6. The van der Waals surface area contributed by atoms with Crippen molar-refractivity contribution in [1.29, 1.82) is 5.26 Å². The summed E-state index contributed by atoms with van der Waals surface area (Å²) in [5.74, 6) is 5.99. The lowest BCUT2D eigenvalue weighted by molar-refractivity contribution is 0.0953. The van der Waals surface area contributed by atoms with Crippen molar-refractivity contribution in [2.45, 2.75) is 27.7 Å². The van der Waals surface area contributed by atoms with Crippen molar-refractivity contribution in [3.05, 3.63) is 137 Å². The van der Waals surface area contributed by atoms with E-state index in [1.807, 2.05) is 87.7 Å². The highest BCUT2D eigenvalue weighted by Gasteiger charge is 2.07. The Hall–Kier alpha value is -5.90. The topological polar surface area (TPSA) is 142 Å². The van der Waals surface area contributed by atoms with Gasteiger partial charge in [-0.05, 0) is 12.1 Å². The largest absolute Gasteiger partial charge is 0.298 e. The number of rotatable bonds is 4. The van der Waals surface area contributed by atoms with Gasteiger partial charge >= 0.3 is 0 Å². The number of carbonyl (C=O) groups excluding carboxylic acids is 2. The molecule has 0 aliphatic heterocycles. The maximum absolute atomic E-state index is 10.8. The first kappa shape index (κ1) is 35.1. The molecule has 0 saturated carbocycles. The highest BCUT2D eigenvalue weighted by molar-refractivity contribution is 5.93. The van der Waals surface area contributed by atoms with E-state index in [1.165, 1.54) is 0 Å². The van der Waals surface area contributed by atoms with Crippen molar-refractivity contribution in [1.82, 2.24) is 20.6 Å². The van der Waals surface area contributed by atoms with Crippen molar-refractivity contribution in [2.24, 2.45) is 5.84 Å². The van der Waals surface area contributed by atoms with Crippen LogP contribution >= 0.6 is 0 Å². The van der Waals surface area contributed by atoms with Crippen molar-refractivity contribution in [3.63, 3.8) is 0 Å². The van der Waals surface area contributed by atoms with Crippen LogP contribution < -0.4 is 11.3 Å². The number of hydrazine groups is 1. The van der Waals surface area contributed by atoms with Gasteiger partial charge < -0.3 is 0 Å². The fourth-order valence-corrected chi connectivity index (χ4v) is 3.11. The number of nitrogens with two attached hydrogens (primary N) is 1. The zero-order chi connectivity index (χ0) is 31.9. The third-order valence-electron chi connectivity index (χ3n) is 5.13. The number of nitrogens with one attached hydrogen (secondary N) is 2. The lowest BCUT2D eigenvalue weighted by Gasteiger charge is -1.95. The number of nitrogen functional groups attached to an aromatic ring is 1. The molecule has 0 atom stereocenters. The van der Waals surface area contributed by atoms with E-state index in [1.54, 1.807) is 60.7 Å². The van der Waals surface area contributed by atoms with E-state index in [4.69, 9.17) is 17.7 Å². The molecular formula is C34H35N7O2. The van der Waals surface area contributed by atoms with Gasteiger partial charge in [0.05, 0.1) is 12.6 Å². The molecule has 9 nitrogen and oxygen atoms in total. The summed E-state index contributed by atoms with van der Waals surface area (Å²) >= 11 is 0. The Labute approximate surface area is 252 Å². The predicted octanol–water partition coefficient (Wildman–Crippen LogP) is 7.40. The predicted molar refractivity (Wildman–Crippen MR) is 171 cm³/mol. The number of nitriles is 1. The molecule has 0 bridgehead atoms. The van der Waals surface area contributed by atoms with Crippen LogP contribution in [0.3, 0.4) is 0 Å². The van der Waals surface area contributed by atoms with Gasteiger partial charge in [0.15, 0.2) is 17.3 Å². The Morgan fingerprint density at radius 2 is 1.42 bits per heavy atom. The summed E-state index contributed by atoms with van der Waals surface area (Å²) in [6, 6.07) is 34.3. The lowest BCUT2D eigenvalue weighted by Crippen LogP contribution is -2.29. The van der Waals surface area contributed by atoms with Crippen LogP contribution in [0.1, 0.15) is 54.0 Å². The Balaban J connectivity index is 0.000000329. The third kappa shape index (κ3) is 12.0. The van der Waals surface area contributed by atoms with Crippen LogP contribution in [-0.2, 0) is 0 Å². The quantitative estimate of drug-likeness (QED) is 0.0672. The maximum Gasteiger partial charge on any atom is 0.265 e. The number of H-pyrrole nitrogens is 1. The Bertz CT molecular complexity index is 1540. The molecule has 43 heavy (non-hydrogen) atoms. The zero-order valence-electron chi connectivity index (χ0n) is 24.7. The first-order valence-corrected chi connectivity index (χ1v) is 13.5. The van der Waals surface area contributed by atoms with Crippen LogP contribution in [0.2, 0.25) is 0 Å². The number of nitrogens with zero attached hydrogens (tertiary/aromatic N) is 4. The fourth-order valence-electron chi connectivity index (χ4n) is 3.11. The molecule has 1 aromatic heterocycles. The molecule has 1 amide bonds. The molecule has 5 aromatic rings. The first-order chi connectivity index (χ1) is 21.1. The molecule has 1 heterocycles. The number of amides is 1. The van der Waals surface area contributed by atoms with Gasteiger partial charge in [-0.25, -0.2) is 15.7 Å². The molecule has 0 fully saturated rings. The SMILES string of the molecule is CC.CC.NNC(=O)c1ccccc1.O=Cc1ccc(-c2nc(-c3ccccc3)n[nH]2)cc1.[C-]#[N+]c1ccc(C#N)cc1. The average Bonchev–Trinajstić information content (AvgIpc) is 3.62. The van der Waals surface area contributed by atoms with Crippen molar-refractivity contribution in [3.8, 4) is 28.8 Å². The molecule has 0 spiro atoms. The Kier molecular flexibility index (Phi) is 17.1. The van der Waals surface area contributed by atoms with Crippen molar-refractivity contribution >= 4 is 17.9 Å². The number of aromatic nitrogens is 3. The molecule has 0 unspecified atom stereocenters. The Morgan fingerprint density at radius 1 is 0.860 bits per heavy atom. The zero-order valence-corrected chi connectivity index (χ0v) is 24.7. The molecule has 4 aromatic carbocycles.